The van der Waals surface area contributed by atoms with Gasteiger partial charge in [0.25, 0.3) is 0 Å². The number of esters is 2. The van der Waals surface area contributed by atoms with Gasteiger partial charge < -0.3 is 29.9 Å². The van der Waals surface area contributed by atoms with Crippen LogP contribution in [0.5, 0.6) is 0 Å². The van der Waals surface area contributed by atoms with Gasteiger partial charge in [-0.2, -0.15) is 0 Å². The van der Waals surface area contributed by atoms with Gasteiger partial charge in [-0.25, -0.2) is 9.59 Å². The van der Waals surface area contributed by atoms with E-state index in [0.29, 0.717) is 25.7 Å². The van der Waals surface area contributed by atoms with Crippen molar-refractivity contribution in [3.05, 3.63) is 0 Å². The third-order valence-corrected chi connectivity index (χ3v) is 2.80. The van der Waals surface area contributed by atoms with E-state index in [4.69, 9.17) is 10.2 Å². The first-order valence-corrected chi connectivity index (χ1v) is 7.31. The highest BCUT2D eigenvalue weighted by Gasteiger charge is 2.32. The largest absolute Gasteiger partial charge is 0.464 e. The van der Waals surface area contributed by atoms with E-state index in [1.54, 1.807) is 13.8 Å². The molecule has 4 atom stereocenters. The molecule has 0 heterocycles. The first-order chi connectivity index (χ1) is 10.3. The van der Waals surface area contributed by atoms with Crippen LogP contribution in [0, 0.1) is 0 Å². The van der Waals surface area contributed by atoms with Gasteiger partial charge in [-0.15, -0.1) is 0 Å². The van der Waals surface area contributed by atoms with Crippen LogP contribution in [0.3, 0.4) is 0 Å². The third kappa shape index (κ3) is 9.67. The first-order valence-electron chi connectivity index (χ1n) is 7.31. The van der Waals surface area contributed by atoms with Crippen LogP contribution in [-0.4, -0.2) is 70.0 Å². The Morgan fingerprint density at radius 2 is 1.09 bits per heavy atom. The van der Waals surface area contributed by atoms with Crippen molar-refractivity contribution in [3.8, 4) is 0 Å². The van der Waals surface area contributed by atoms with Crippen LogP contribution >= 0.6 is 0 Å². The minimum atomic E-state index is -2.02. The summed E-state index contributed by atoms with van der Waals surface area (Å²) in [6.07, 6.45) is -3.43. The Labute approximate surface area is 129 Å². The van der Waals surface area contributed by atoms with Crippen LogP contribution in [0.2, 0.25) is 0 Å². The van der Waals surface area contributed by atoms with Gasteiger partial charge in [-0.3, -0.25) is 0 Å². The van der Waals surface area contributed by atoms with E-state index in [2.05, 4.69) is 9.47 Å². The average Bonchev–Trinajstić information content (AvgIpc) is 2.45. The molecule has 0 aliphatic rings. The summed E-state index contributed by atoms with van der Waals surface area (Å²) in [5.41, 5.74) is 0. The molecule has 8 nitrogen and oxygen atoms in total. The van der Waals surface area contributed by atoms with Gasteiger partial charge in [-0.05, 0) is 39.5 Å². The van der Waals surface area contributed by atoms with Crippen molar-refractivity contribution in [2.75, 3.05) is 13.2 Å². The maximum Gasteiger partial charge on any atom is 0.338 e. The summed E-state index contributed by atoms with van der Waals surface area (Å²) in [6, 6.07) is 0. The zero-order valence-corrected chi connectivity index (χ0v) is 13.0. The SMILES string of the molecule is CC(O)CCCOC(=O)C(O)C(O)C(=O)OCCCC(C)O. The summed E-state index contributed by atoms with van der Waals surface area (Å²) in [5, 5.41) is 37.0. The number of hydrogen-bond donors (Lipinski definition) is 4. The Balaban J connectivity index is 3.98. The van der Waals surface area contributed by atoms with Crippen LogP contribution in [0.4, 0.5) is 0 Å². The number of rotatable bonds is 11. The molecule has 0 amide bonds. The van der Waals surface area contributed by atoms with Crippen LogP contribution in [0.1, 0.15) is 39.5 Å². The quantitative estimate of drug-likeness (QED) is 0.284. The number of hydrogen-bond acceptors (Lipinski definition) is 8. The van der Waals surface area contributed by atoms with E-state index in [-0.39, 0.29) is 13.2 Å². The smallest absolute Gasteiger partial charge is 0.338 e. The van der Waals surface area contributed by atoms with Gasteiger partial charge in [0.05, 0.1) is 25.4 Å². The first kappa shape index (κ1) is 20.8. The Morgan fingerprint density at radius 1 is 0.773 bits per heavy atom. The fourth-order valence-electron chi connectivity index (χ4n) is 1.53. The predicted octanol–water partition coefficient (Wildman–Crippen LogP) is -0.883. The van der Waals surface area contributed by atoms with Crippen LogP contribution in [-0.2, 0) is 19.1 Å². The van der Waals surface area contributed by atoms with Crippen molar-refractivity contribution >= 4 is 11.9 Å². The van der Waals surface area contributed by atoms with E-state index in [9.17, 15) is 19.8 Å². The molecule has 0 aromatic carbocycles. The van der Waals surface area contributed by atoms with E-state index in [1.807, 2.05) is 0 Å². The molecule has 0 rings (SSSR count). The Hall–Kier alpha value is -1.22. The van der Waals surface area contributed by atoms with Crippen molar-refractivity contribution in [3.63, 3.8) is 0 Å². The summed E-state index contributed by atoms with van der Waals surface area (Å²) in [4.78, 5) is 22.8. The second-order valence-electron chi connectivity index (χ2n) is 5.21. The number of ether oxygens (including phenoxy) is 2. The average molecular weight is 322 g/mol. The topological polar surface area (TPSA) is 134 Å². The maximum absolute atomic E-state index is 11.4. The lowest BCUT2D eigenvalue weighted by Gasteiger charge is -2.16. The van der Waals surface area contributed by atoms with Crippen molar-refractivity contribution < 1.29 is 39.5 Å². The maximum atomic E-state index is 11.4. The van der Waals surface area contributed by atoms with Gasteiger partial charge in [0.1, 0.15) is 0 Å². The fourth-order valence-corrected chi connectivity index (χ4v) is 1.53. The molecule has 0 aromatic rings. The molecule has 4 unspecified atom stereocenters. The molecule has 0 bridgehead atoms. The molecular weight excluding hydrogens is 296 g/mol. The molecule has 0 radical (unpaired) electrons. The highest BCUT2D eigenvalue weighted by Crippen LogP contribution is 2.04. The lowest BCUT2D eigenvalue weighted by atomic mass is 10.2. The number of aliphatic hydroxyl groups excluding tert-OH is 4. The van der Waals surface area contributed by atoms with Crippen LogP contribution in [0.25, 0.3) is 0 Å². The lowest BCUT2D eigenvalue weighted by molar-refractivity contribution is -0.173. The molecule has 0 aliphatic carbocycles. The van der Waals surface area contributed by atoms with Gasteiger partial charge in [0.15, 0.2) is 12.2 Å². The van der Waals surface area contributed by atoms with Gasteiger partial charge in [-0.1, -0.05) is 0 Å². The molecule has 4 N–H and O–H groups in total. The molecule has 22 heavy (non-hydrogen) atoms. The predicted molar refractivity (Wildman–Crippen MR) is 75.8 cm³/mol. The zero-order valence-electron chi connectivity index (χ0n) is 13.0. The molecule has 0 spiro atoms. The summed E-state index contributed by atoms with van der Waals surface area (Å²) in [6.45, 7) is 3.12. The summed E-state index contributed by atoms with van der Waals surface area (Å²) in [7, 11) is 0. The van der Waals surface area contributed by atoms with Gasteiger partial charge in [0.2, 0.25) is 0 Å². The zero-order chi connectivity index (χ0) is 17.1. The van der Waals surface area contributed by atoms with Gasteiger partial charge >= 0.3 is 11.9 Å². The summed E-state index contributed by atoms with van der Waals surface area (Å²) < 4.78 is 9.36. The highest BCUT2D eigenvalue weighted by molar-refractivity contribution is 5.85. The molecule has 8 heteroatoms. The normalized spacial score (nSPS) is 16.5. The molecule has 0 saturated carbocycles. The summed E-state index contributed by atoms with van der Waals surface area (Å²) >= 11 is 0. The van der Waals surface area contributed by atoms with Crippen LogP contribution in [0.15, 0.2) is 0 Å². The molecule has 0 aromatic heterocycles. The Bertz CT molecular complexity index is 297. The van der Waals surface area contributed by atoms with E-state index < -0.39 is 36.4 Å². The lowest BCUT2D eigenvalue weighted by Crippen LogP contribution is -2.41. The monoisotopic (exact) mass is 322 g/mol. The standard InChI is InChI=1S/C14H26O8/c1-9(15)5-3-7-21-13(19)11(17)12(18)14(20)22-8-4-6-10(2)16/h9-12,15-18H,3-8H2,1-2H3. The van der Waals surface area contributed by atoms with Crippen molar-refractivity contribution in [2.45, 2.75) is 63.9 Å². The molecular formula is C14H26O8. The van der Waals surface area contributed by atoms with E-state index >= 15 is 0 Å². The Kier molecular flexibility index (Phi) is 10.7. The van der Waals surface area contributed by atoms with Crippen molar-refractivity contribution in [2.24, 2.45) is 0 Å². The molecule has 0 fully saturated rings. The number of carbonyl (C=O) groups is 2. The van der Waals surface area contributed by atoms with E-state index in [1.165, 1.54) is 0 Å². The van der Waals surface area contributed by atoms with Crippen molar-refractivity contribution in [1.82, 2.24) is 0 Å². The van der Waals surface area contributed by atoms with Gasteiger partial charge in [0, 0.05) is 0 Å². The number of aliphatic hydroxyl groups is 4. The van der Waals surface area contributed by atoms with Crippen LogP contribution < -0.4 is 0 Å². The minimum absolute atomic E-state index is 0.0308. The number of carbonyl (C=O) groups excluding carboxylic acids is 2. The van der Waals surface area contributed by atoms with Crippen molar-refractivity contribution in [1.29, 1.82) is 0 Å². The molecule has 130 valence electrons. The minimum Gasteiger partial charge on any atom is -0.464 e. The molecule has 0 saturated heterocycles. The molecule has 0 aliphatic heterocycles. The second kappa shape index (κ2) is 11.4. The van der Waals surface area contributed by atoms with E-state index in [0.717, 1.165) is 0 Å². The Morgan fingerprint density at radius 3 is 1.36 bits per heavy atom. The third-order valence-electron chi connectivity index (χ3n) is 2.80. The fraction of sp³-hybridized carbons (Fsp3) is 0.857. The summed E-state index contributed by atoms with van der Waals surface area (Å²) in [5.74, 6) is -2.25. The highest BCUT2D eigenvalue weighted by atomic mass is 16.6. The second-order valence-corrected chi connectivity index (χ2v) is 5.21.